The molecule has 2 aromatic carbocycles. The molecule has 0 amide bonds. The first-order chi connectivity index (χ1) is 8.58. The summed E-state index contributed by atoms with van der Waals surface area (Å²) < 4.78 is 1.05. The van der Waals surface area contributed by atoms with Crippen molar-refractivity contribution in [2.75, 3.05) is 0 Å². The molecule has 0 aliphatic rings. The van der Waals surface area contributed by atoms with Crippen molar-refractivity contribution < 1.29 is 0 Å². The Morgan fingerprint density at radius 1 is 1.11 bits per heavy atom. The topological polar surface area (TPSA) is 26.0 Å². The molecule has 0 fully saturated rings. The first-order valence-electron chi connectivity index (χ1n) is 5.52. The van der Waals surface area contributed by atoms with E-state index in [0.29, 0.717) is 10.0 Å². The van der Waals surface area contributed by atoms with Crippen molar-refractivity contribution in [3.63, 3.8) is 0 Å². The molecule has 1 unspecified atom stereocenters. The summed E-state index contributed by atoms with van der Waals surface area (Å²) in [4.78, 5) is 0. The Hall–Kier alpha value is -0.540. The van der Waals surface area contributed by atoms with Crippen molar-refractivity contribution in [1.82, 2.24) is 0 Å². The summed E-state index contributed by atoms with van der Waals surface area (Å²) in [5, 5.41) is 1.08. The van der Waals surface area contributed by atoms with Crippen LogP contribution in [-0.4, -0.2) is 0 Å². The lowest BCUT2D eigenvalue weighted by molar-refractivity contribution is 0.722. The van der Waals surface area contributed by atoms with E-state index in [1.165, 1.54) is 0 Å². The number of hydrogen-bond acceptors (Lipinski definition) is 1. The van der Waals surface area contributed by atoms with Crippen molar-refractivity contribution in [1.29, 1.82) is 0 Å². The first-order valence-corrected chi connectivity index (χ1v) is 7.07. The van der Waals surface area contributed by atoms with Gasteiger partial charge in [0.2, 0.25) is 0 Å². The summed E-state index contributed by atoms with van der Waals surface area (Å²) in [6.07, 6.45) is 0.722. The molecule has 0 bridgehead atoms. The van der Waals surface area contributed by atoms with Gasteiger partial charge in [-0.1, -0.05) is 63.4 Å². The molecule has 1 nitrogen and oxygen atoms in total. The second-order valence-electron chi connectivity index (χ2n) is 4.08. The number of halogens is 3. The largest absolute Gasteiger partial charge is 0.324 e. The zero-order valence-electron chi connectivity index (χ0n) is 9.54. The van der Waals surface area contributed by atoms with E-state index in [1.807, 2.05) is 30.3 Å². The molecule has 0 aliphatic carbocycles. The summed E-state index contributed by atoms with van der Waals surface area (Å²) in [5.41, 5.74) is 8.23. The van der Waals surface area contributed by atoms with Crippen LogP contribution in [0.4, 0.5) is 0 Å². The molecule has 2 aromatic rings. The van der Waals surface area contributed by atoms with Crippen molar-refractivity contribution >= 4 is 39.1 Å². The number of rotatable bonds is 3. The van der Waals surface area contributed by atoms with Gasteiger partial charge in [0.25, 0.3) is 0 Å². The van der Waals surface area contributed by atoms with Gasteiger partial charge in [-0.3, -0.25) is 0 Å². The van der Waals surface area contributed by atoms with E-state index >= 15 is 0 Å². The standard InChI is InChI=1S/C14H12BrCl2N/c15-10-4-1-3-9(7-10)8-13(18)11-5-2-6-12(16)14(11)17/h1-7,13H,8,18H2. The molecular formula is C14H12BrCl2N. The molecule has 0 aromatic heterocycles. The minimum atomic E-state index is -0.162. The third-order valence-corrected chi connectivity index (χ3v) is 4.05. The van der Waals surface area contributed by atoms with Gasteiger partial charge in [-0.25, -0.2) is 0 Å². The Kier molecular flexibility index (Phi) is 4.68. The molecule has 4 heteroatoms. The van der Waals surface area contributed by atoms with Gasteiger partial charge < -0.3 is 5.73 Å². The van der Waals surface area contributed by atoms with E-state index in [2.05, 4.69) is 22.0 Å². The molecule has 0 heterocycles. The van der Waals surface area contributed by atoms with E-state index in [1.54, 1.807) is 6.07 Å². The molecule has 0 aliphatic heterocycles. The molecular weight excluding hydrogens is 333 g/mol. The minimum Gasteiger partial charge on any atom is -0.324 e. The highest BCUT2D eigenvalue weighted by Crippen LogP contribution is 2.30. The average molecular weight is 345 g/mol. The lowest BCUT2D eigenvalue weighted by atomic mass is 10.00. The van der Waals surface area contributed by atoms with E-state index in [4.69, 9.17) is 28.9 Å². The fourth-order valence-corrected chi connectivity index (χ4v) is 2.73. The average Bonchev–Trinajstić information content (AvgIpc) is 2.32. The van der Waals surface area contributed by atoms with Crippen LogP contribution in [0.2, 0.25) is 10.0 Å². The summed E-state index contributed by atoms with van der Waals surface area (Å²) in [7, 11) is 0. The van der Waals surface area contributed by atoms with Crippen molar-refractivity contribution in [3.05, 3.63) is 68.1 Å². The highest BCUT2D eigenvalue weighted by Gasteiger charge is 2.12. The Morgan fingerprint density at radius 2 is 1.83 bits per heavy atom. The molecule has 0 radical (unpaired) electrons. The predicted octanol–water partition coefficient (Wildman–Crippen LogP) is 5.00. The smallest absolute Gasteiger partial charge is 0.0640 e. The highest BCUT2D eigenvalue weighted by atomic mass is 79.9. The summed E-state index contributed by atoms with van der Waals surface area (Å²) >= 11 is 15.6. The highest BCUT2D eigenvalue weighted by molar-refractivity contribution is 9.10. The number of nitrogens with two attached hydrogens (primary N) is 1. The van der Waals surface area contributed by atoms with Gasteiger partial charge in [0.15, 0.2) is 0 Å². The van der Waals surface area contributed by atoms with Crippen LogP contribution in [0.5, 0.6) is 0 Å². The SMILES string of the molecule is NC(Cc1cccc(Br)c1)c1cccc(Cl)c1Cl. The van der Waals surface area contributed by atoms with Crippen LogP contribution in [0.1, 0.15) is 17.2 Å². The fraction of sp³-hybridized carbons (Fsp3) is 0.143. The molecule has 2 rings (SSSR count). The predicted molar refractivity (Wildman–Crippen MR) is 81.2 cm³/mol. The normalized spacial score (nSPS) is 12.4. The van der Waals surface area contributed by atoms with Gasteiger partial charge in [0, 0.05) is 10.5 Å². The fourth-order valence-electron chi connectivity index (χ4n) is 1.83. The summed E-state index contributed by atoms with van der Waals surface area (Å²) in [6, 6.07) is 13.5. The zero-order valence-corrected chi connectivity index (χ0v) is 12.6. The van der Waals surface area contributed by atoms with Gasteiger partial charge in [-0.15, -0.1) is 0 Å². The maximum absolute atomic E-state index is 6.19. The third-order valence-electron chi connectivity index (χ3n) is 2.73. The number of benzene rings is 2. The van der Waals surface area contributed by atoms with Crippen LogP contribution < -0.4 is 5.73 Å². The Bertz CT molecular complexity index is 557. The maximum Gasteiger partial charge on any atom is 0.0640 e. The summed E-state index contributed by atoms with van der Waals surface area (Å²) in [5.74, 6) is 0. The summed E-state index contributed by atoms with van der Waals surface area (Å²) in [6.45, 7) is 0. The second-order valence-corrected chi connectivity index (χ2v) is 5.78. The molecule has 0 saturated heterocycles. The van der Waals surface area contributed by atoms with Crippen LogP contribution >= 0.6 is 39.1 Å². The minimum absolute atomic E-state index is 0.162. The Morgan fingerprint density at radius 3 is 2.56 bits per heavy atom. The quantitative estimate of drug-likeness (QED) is 0.833. The zero-order chi connectivity index (χ0) is 13.1. The van der Waals surface area contributed by atoms with Crippen LogP contribution in [0.3, 0.4) is 0 Å². The van der Waals surface area contributed by atoms with E-state index < -0.39 is 0 Å². The Labute approximate surface area is 125 Å². The second kappa shape index (κ2) is 6.07. The van der Waals surface area contributed by atoms with Gasteiger partial charge in [0.05, 0.1) is 10.0 Å². The monoisotopic (exact) mass is 343 g/mol. The lowest BCUT2D eigenvalue weighted by Crippen LogP contribution is -2.14. The van der Waals surface area contributed by atoms with Crippen molar-refractivity contribution in [3.8, 4) is 0 Å². The van der Waals surface area contributed by atoms with Crippen LogP contribution in [-0.2, 0) is 6.42 Å². The molecule has 94 valence electrons. The van der Waals surface area contributed by atoms with Crippen LogP contribution in [0.25, 0.3) is 0 Å². The number of hydrogen-bond donors (Lipinski definition) is 1. The Balaban J connectivity index is 2.22. The lowest BCUT2D eigenvalue weighted by Gasteiger charge is -2.14. The van der Waals surface area contributed by atoms with Gasteiger partial charge in [-0.2, -0.15) is 0 Å². The van der Waals surface area contributed by atoms with Gasteiger partial charge >= 0.3 is 0 Å². The molecule has 1 atom stereocenters. The maximum atomic E-state index is 6.19. The van der Waals surface area contributed by atoms with Gasteiger partial charge in [0.1, 0.15) is 0 Å². The van der Waals surface area contributed by atoms with Crippen LogP contribution in [0, 0.1) is 0 Å². The van der Waals surface area contributed by atoms with E-state index in [0.717, 1.165) is 22.0 Å². The third kappa shape index (κ3) is 3.27. The van der Waals surface area contributed by atoms with Crippen molar-refractivity contribution in [2.24, 2.45) is 5.73 Å². The molecule has 0 spiro atoms. The molecule has 18 heavy (non-hydrogen) atoms. The first kappa shape index (κ1) is 13.9. The molecule has 2 N–H and O–H groups in total. The molecule has 0 saturated carbocycles. The van der Waals surface area contributed by atoms with E-state index in [9.17, 15) is 0 Å². The van der Waals surface area contributed by atoms with Gasteiger partial charge in [-0.05, 0) is 35.7 Å². The van der Waals surface area contributed by atoms with Crippen molar-refractivity contribution in [2.45, 2.75) is 12.5 Å². The van der Waals surface area contributed by atoms with Crippen LogP contribution in [0.15, 0.2) is 46.9 Å². The van der Waals surface area contributed by atoms with E-state index in [-0.39, 0.29) is 6.04 Å².